The second kappa shape index (κ2) is 7.06. The van der Waals surface area contributed by atoms with E-state index in [0.717, 1.165) is 13.1 Å². The summed E-state index contributed by atoms with van der Waals surface area (Å²) in [6.07, 6.45) is 0. The number of benzene rings is 2. The Morgan fingerprint density at radius 3 is 2.19 bits per heavy atom. The molecule has 0 bridgehead atoms. The molecule has 0 aliphatic carbocycles. The molecule has 0 aliphatic rings. The third kappa shape index (κ3) is 4.29. The van der Waals surface area contributed by atoms with Crippen LogP contribution in [0.1, 0.15) is 39.3 Å². The molecule has 0 amide bonds. The molecule has 0 saturated carbocycles. The molecule has 0 spiro atoms. The topological polar surface area (TPSA) is 29.3 Å². The molecule has 0 fully saturated rings. The van der Waals surface area contributed by atoms with Gasteiger partial charge in [0.25, 0.3) is 0 Å². The first-order valence-electron chi connectivity index (χ1n) is 7.95. The lowest BCUT2D eigenvalue weighted by atomic mass is 10.0. The summed E-state index contributed by atoms with van der Waals surface area (Å²) in [5.41, 5.74) is 7.68. The lowest BCUT2D eigenvalue weighted by molar-refractivity contribution is 0.186. The molecular formula is C19H28N2. The molecule has 1 unspecified atom stereocenters. The van der Waals surface area contributed by atoms with Crippen molar-refractivity contribution < 1.29 is 0 Å². The molecule has 0 heterocycles. The van der Waals surface area contributed by atoms with Crippen molar-refractivity contribution in [2.75, 3.05) is 13.1 Å². The molecule has 2 nitrogen and oxygen atoms in total. The second-order valence-electron chi connectivity index (χ2n) is 6.65. The SMILES string of the molecule is CC(C)CN(CC(N)c1ccc2ccccc2c1)C(C)C. The smallest absolute Gasteiger partial charge is 0.0424 e. The maximum atomic E-state index is 6.46. The van der Waals surface area contributed by atoms with Crippen molar-refractivity contribution in [3.8, 4) is 0 Å². The van der Waals surface area contributed by atoms with E-state index in [0.29, 0.717) is 12.0 Å². The van der Waals surface area contributed by atoms with E-state index in [9.17, 15) is 0 Å². The van der Waals surface area contributed by atoms with Crippen LogP contribution in [0.4, 0.5) is 0 Å². The first-order valence-corrected chi connectivity index (χ1v) is 7.95. The number of hydrogen-bond donors (Lipinski definition) is 1. The summed E-state index contributed by atoms with van der Waals surface area (Å²) in [6, 6.07) is 15.6. The summed E-state index contributed by atoms with van der Waals surface area (Å²) in [6.45, 7) is 11.0. The fraction of sp³-hybridized carbons (Fsp3) is 0.474. The van der Waals surface area contributed by atoms with Crippen molar-refractivity contribution in [3.05, 3.63) is 48.0 Å². The fourth-order valence-corrected chi connectivity index (χ4v) is 2.76. The lowest BCUT2D eigenvalue weighted by Gasteiger charge is -2.31. The Labute approximate surface area is 128 Å². The van der Waals surface area contributed by atoms with Crippen LogP contribution in [0.25, 0.3) is 10.8 Å². The maximum absolute atomic E-state index is 6.46. The molecule has 2 aromatic rings. The number of hydrogen-bond acceptors (Lipinski definition) is 2. The molecule has 0 radical (unpaired) electrons. The van der Waals surface area contributed by atoms with Gasteiger partial charge >= 0.3 is 0 Å². The van der Waals surface area contributed by atoms with Crippen molar-refractivity contribution in [1.29, 1.82) is 0 Å². The zero-order valence-corrected chi connectivity index (χ0v) is 13.7. The van der Waals surface area contributed by atoms with Crippen LogP contribution < -0.4 is 5.73 Å². The Morgan fingerprint density at radius 2 is 1.57 bits per heavy atom. The number of nitrogens with zero attached hydrogens (tertiary/aromatic N) is 1. The van der Waals surface area contributed by atoms with E-state index in [-0.39, 0.29) is 6.04 Å². The van der Waals surface area contributed by atoms with Gasteiger partial charge < -0.3 is 5.73 Å². The van der Waals surface area contributed by atoms with E-state index in [2.05, 4.69) is 75.1 Å². The van der Waals surface area contributed by atoms with Crippen LogP contribution in [-0.4, -0.2) is 24.0 Å². The van der Waals surface area contributed by atoms with Gasteiger partial charge in [-0.1, -0.05) is 50.2 Å². The minimum atomic E-state index is 0.0655. The zero-order valence-electron chi connectivity index (χ0n) is 13.7. The minimum absolute atomic E-state index is 0.0655. The normalized spacial score (nSPS) is 13.5. The highest BCUT2D eigenvalue weighted by molar-refractivity contribution is 5.83. The number of fused-ring (bicyclic) bond motifs is 1. The molecule has 0 aromatic heterocycles. The monoisotopic (exact) mass is 284 g/mol. The van der Waals surface area contributed by atoms with Crippen LogP contribution >= 0.6 is 0 Å². The average Bonchev–Trinajstić information content (AvgIpc) is 2.45. The van der Waals surface area contributed by atoms with E-state index >= 15 is 0 Å². The third-order valence-corrected chi connectivity index (χ3v) is 3.96. The van der Waals surface area contributed by atoms with Crippen LogP contribution in [-0.2, 0) is 0 Å². The molecule has 2 aromatic carbocycles. The van der Waals surface area contributed by atoms with Gasteiger partial charge in [0.1, 0.15) is 0 Å². The van der Waals surface area contributed by atoms with Gasteiger partial charge in [-0.15, -0.1) is 0 Å². The van der Waals surface area contributed by atoms with E-state index in [1.54, 1.807) is 0 Å². The summed E-state index contributed by atoms with van der Waals surface area (Å²) < 4.78 is 0. The van der Waals surface area contributed by atoms with Crippen molar-refractivity contribution in [3.63, 3.8) is 0 Å². The summed E-state index contributed by atoms with van der Waals surface area (Å²) in [4.78, 5) is 2.48. The van der Waals surface area contributed by atoms with Gasteiger partial charge in [0.2, 0.25) is 0 Å². The fourth-order valence-electron chi connectivity index (χ4n) is 2.76. The Bertz CT molecular complexity index is 575. The zero-order chi connectivity index (χ0) is 15.4. The van der Waals surface area contributed by atoms with Gasteiger partial charge in [-0.25, -0.2) is 0 Å². The minimum Gasteiger partial charge on any atom is -0.323 e. The molecule has 114 valence electrons. The van der Waals surface area contributed by atoms with Gasteiger partial charge in [-0.05, 0) is 42.2 Å². The van der Waals surface area contributed by atoms with Gasteiger partial charge in [0, 0.05) is 25.2 Å². The highest BCUT2D eigenvalue weighted by Gasteiger charge is 2.16. The summed E-state index contributed by atoms with van der Waals surface area (Å²) in [5, 5.41) is 2.54. The van der Waals surface area contributed by atoms with Crippen LogP contribution in [0.2, 0.25) is 0 Å². The van der Waals surface area contributed by atoms with Crippen LogP contribution in [0.15, 0.2) is 42.5 Å². The largest absolute Gasteiger partial charge is 0.323 e. The van der Waals surface area contributed by atoms with E-state index in [4.69, 9.17) is 5.73 Å². The first-order chi connectivity index (χ1) is 9.97. The highest BCUT2D eigenvalue weighted by atomic mass is 15.2. The molecule has 2 rings (SSSR count). The first kappa shape index (κ1) is 16.0. The van der Waals surface area contributed by atoms with Crippen molar-refractivity contribution in [2.45, 2.75) is 39.8 Å². The third-order valence-electron chi connectivity index (χ3n) is 3.96. The van der Waals surface area contributed by atoms with Crippen LogP contribution in [0.5, 0.6) is 0 Å². The predicted octanol–water partition coefficient (Wildman–Crippen LogP) is 4.21. The number of nitrogens with two attached hydrogens (primary N) is 1. The number of rotatable bonds is 6. The van der Waals surface area contributed by atoms with E-state index in [1.165, 1.54) is 16.3 Å². The maximum Gasteiger partial charge on any atom is 0.0424 e. The molecule has 2 heteroatoms. The Hall–Kier alpha value is -1.38. The Kier molecular flexibility index (Phi) is 5.38. The standard InChI is InChI=1S/C19H28N2/c1-14(2)12-21(15(3)4)13-19(20)18-10-9-16-7-5-6-8-17(16)11-18/h5-11,14-15,19H,12-13,20H2,1-4H3. The van der Waals surface area contributed by atoms with Gasteiger partial charge in [-0.2, -0.15) is 0 Å². The van der Waals surface area contributed by atoms with Gasteiger partial charge in [0.15, 0.2) is 0 Å². The Balaban J connectivity index is 2.14. The highest BCUT2D eigenvalue weighted by Crippen LogP contribution is 2.20. The van der Waals surface area contributed by atoms with Gasteiger partial charge in [-0.3, -0.25) is 4.90 Å². The second-order valence-corrected chi connectivity index (χ2v) is 6.65. The van der Waals surface area contributed by atoms with Crippen molar-refractivity contribution in [1.82, 2.24) is 4.90 Å². The molecule has 0 saturated heterocycles. The van der Waals surface area contributed by atoms with Crippen molar-refractivity contribution in [2.24, 2.45) is 11.7 Å². The Morgan fingerprint density at radius 1 is 0.905 bits per heavy atom. The quantitative estimate of drug-likeness (QED) is 0.861. The van der Waals surface area contributed by atoms with Crippen molar-refractivity contribution >= 4 is 10.8 Å². The summed E-state index contributed by atoms with van der Waals surface area (Å²) in [5.74, 6) is 0.663. The summed E-state index contributed by atoms with van der Waals surface area (Å²) in [7, 11) is 0. The van der Waals surface area contributed by atoms with Crippen LogP contribution in [0, 0.1) is 5.92 Å². The molecular weight excluding hydrogens is 256 g/mol. The van der Waals surface area contributed by atoms with Gasteiger partial charge in [0.05, 0.1) is 0 Å². The molecule has 21 heavy (non-hydrogen) atoms. The molecule has 0 aliphatic heterocycles. The lowest BCUT2D eigenvalue weighted by Crippen LogP contribution is -2.39. The molecule has 2 N–H and O–H groups in total. The van der Waals surface area contributed by atoms with E-state index < -0.39 is 0 Å². The van der Waals surface area contributed by atoms with Crippen LogP contribution in [0.3, 0.4) is 0 Å². The molecule has 1 atom stereocenters. The predicted molar refractivity (Wildman–Crippen MR) is 92.4 cm³/mol. The average molecular weight is 284 g/mol. The summed E-state index contributed by atoms with van der Waals surface area (Å²) >= 11 is 0. The van der Waals surface area contributed by atoms with E-state index in [1.807, 2.05) is 0 Å².